The molecule has 1 aliphatic rings. The Kier molecular flexibility index (Phi) is 8.37. The van der Waals surface area contributed by atoms with Gasteiger partial charge in [-0.2, -0.15) is 13.2 Å². The molecule has 1 aromatic carbocycles. The summed E-state index contributed by atoms with van der Waals surface area (Å²) in [5.74, 6) is 0.134. The third kappa shape index (κ3) is 7.20. The summed E-state index contributed by atoms with van der Waals surface area (Å²) < 4.78 is 53.4. The lowest BCUT2D eigenvalue weighted by atomic mass is 10.0. The van der Waals surface area contributed by atoms with Crippen LogP contribution in [0.5, 0.6) is 11.5 Å². The second kappa shape index (κ2) is 10.5. The third-order valence-corrected chi connectivity index (χ3v) is 4.36. The maximum absolute atomic E-state index is 12.6. The van der Waals surface area contributed by atoms with E-state index in [1.54, 1.807) is 0 Å². The number of hydrogen-bond donors (Lipinski definition) is 1. The van der Waals surface area contributed by atoms with Gasteiger partial charge in [-0.3, -0.25) is 4.79 Å². The average molecular weight is 404 g/mol. The Bertz CT molecular complexity index is 634. The van der Waals surface area contributed by atoms with Crippen molar-refractivity contribution in [3.8, 4) is 11.5 Å². The summed E-state index contributed by atoms with van der Waals surface area (Å²) in [6, 6.07) is 4.52. The number of ether oxygens (including phenoxy) is 3. The zero-order chi connectivity index (χ0) is 20.6. The molecule has 0 aliphatic carbocycles. The van der Waals surface area contributed by atoms with Crippen LogP contribution >= 0.6 is 0 Å². The Morgan fingerprint density at radius 2 is 2.04 bits per heavy atom. The molecular weight excluding hydrogens is 377 g/mol. The molecule has 0 saturated carbocycles. The van der Waals surface area contributed by atoms with E-state index in [1.165, 1.54) is 37.1 Å². The second-order valence-corrected chi connectivity index (χ2v) is 6.65. The van der Waals surface area contributed by atoms with Gasteiger partial charge in [0.25, 0.3) is 0 Å². The van der Waals surface area contributed by atoms with Crippen molar-refractivity contribution in [1.29, 1.82) is 0 Å². The number of carbonyl (C=O) groups excluding carboxylic acids is 1. The van der Waals surface area contributed by atoms with E-state index in [-0.39, 0.29) is 30.0 Å². The first-order valence-corrected chi connectivity index (χ1v) is 9.27. The van der Waals surface area contributed by atoms with E-state index in [4.69, 9.17) is 14.2 Å². The van der Waals surface area contributed by atoms with Crippen molar-refractivity contribution in [2.24, 2.45) is 0 Å². The Labute approximate surface area is 162 Å². The normalized spacial score (nSPS) is 17.2. The van der Waals surface area contributed by atoms with E-state index in [0.717, 1.165) is 25.8 Å². The van der Waals surface area contributed by atoms with Gasteiger partial charge in [-0.1, -0.05) is 6.42 Å². The fourth-order valence-corrected chi connectivity index (χ4v) is 3.02. The molecule has 2 rings (SSSR count). The number of hydrogen-bond acceptors (Lipinski definition) is 5. The number of rotatable bonds is 9. The number of carbonyl (C=O) groups is 1. The van der Waals surface area contributed by atoms with Crippen LogP contribution in [-0.2, 0) is 9.53 Å². The maximum Gasteiger partial charge on any atom is 0.422 e. The molecule has 1 fully saturated rings. The van der Waals surface area contributed by atoms with Crippen LogP contribution < -0.4 is 19.7 Å². The third-order valence-electron chi connectivity index (χ3n) is 4.36. The summed E-state index contributed by atoms with van der Waals surface area (Å²) in [7, 11) is 1.54. The molecule has 0 radical (unpaired) electrons. The highest BCUT2D eigenvalue weighted by Crippen LogP contribution is 2.34. The lowest BCUT2D eigenvalue weighted by Gasteiger charge is -2.31. The maximum atomic E-state index is 12.6. The molecule has 1 amide bonds. The highest BCUT2D eigenvalue weighted by molar-refractivity contribution is 5.93. The molecule has 1 unspecified atom stereocenters. The number of methoxy groups -OCH3 is 1. The van der Waals surface area contributed by atoms with Gasteiger partial charge in [-0.05, 0) is 31.5 Å². The number of halogens is 3. The molecule has 1 N–H and O–H groups in total. The predicted molar refractivity (Wildman–Crippen MR) is 99.0 cm³/mol. The van der Waals surface area contributed by atoms with Crippen molar-refractivity contribution in [1.82, 2.24) is 5.32 Å². The van der Waals surface area contributed by atoms with Crippen LogP contribution in [-0.4, -0.2) is 58.1 Å². The number of piperidine rings is 1. The number of benzene rings is 1. The zero-order valence-corrected chi connectivity index (χ0v) is 16.2. The fourth-order valence-electron chi connectivity index (χ4n) is 3.02. The van der Waals surface area contributed by atoms with Gasteiger partial charge in [0.1, 0.15) is 18.1 Å². The summed E-state index contributed by atoms with van der Waals surface area (Å²) in [4.78, 5) is 13.7. The first-order valence-electron chi connectivity index (χ1n) is 9.27. The molecule has 158 valence electrons. The van der Waals surface area contributed by atoms with E-state index >= 15 is 0 Å². The molecular formula is C19H27F3N2O4. The molecule has 9 heteroatoms. The zero-order valence-electron chi connectivity index (χ0n) is 16.2. The Balaban J connectivity index is 2.26. The highest BCUT2D eigenvalue weighted by atomic mass is 19.4. The monoisotopic (exact) mass is 404 g/mol. The van der Waals surface area contributed by atoms with Gasteiger partial charge in [-0.15, -0.1) is 0 Å². The number of nitrogens with zero attached hydrogens (tertiary/aromatic N) is 1. The van der Waals surface area contributed by atoms with Gasteiger partial charge in [0.15, 0.2) is 6.61 Å². The second-order valence-electron chi connectivity index (χ2n) is 6.65. The topological polar surface area (TPSA) is 60.0 Å². The fraction of sp³-hybridized carbons (Fsp3) is 0.632. The minimum atomic E-state index is -4.48. The summed E-state index contributed by atoms with van der Waals surface area (Å²) in [6.07, 6.45) is -1.47. The Hall–Kier alpha value is -2.00. The average Bonchev–Trinajstić information content (AvgIpc) is 2.65. The van der Waals surface area contributed by atoms with E-state index in [0.29, 0.717) is 18.9 Å². The van der Waals surface area contributed by atoms with Crippen LogP contribution in [0.2, 0.25) is 0 Å². The Morgan fingerprint density at radius 3 is 2.64 bits per heavy atom. The summed E-state index contributed by atoms with van der Waals surface area (Å²) in [5, 5.41) is 3.34. The standard InChI is InChI=1S/C19H27F3N2O4/c1-14(25)24(12-15-5-3-4-8-23-15)17-11-16(27-10-9-26-2)6-7-18(17)28-13-19(20,21)22/h6-7,11,15,23H,3-5,8-10,12-13H2,1-2H3. The molecule has 1 aromatic rings. The molecule has 1 saturated heterocycles. The number of alkyl halides is 3. The Morgan fingerprint density at radius 1 is 1.25 bits per heavy atom. The van der Waals surface area contributed by atoms with Crippen LogP contribution in [0.3, 0.4) is 0 Å². The van der Waals surface area contributed by atoms with Gasteiger partial charge in [0.05, 0.1) is 12.3 Å². The van der Waals surface area contributed by atoms with Gasteiger partial charge in [-0.25, -0.2) is 0 Å². The van der Waals surface area contributed by atoms with Crippen LogP contribution in [0.25, 0.3) is 0 Å². The van der Waals surface area contributed by atoms with Gasteiger partial charge >= 0.3 is 6.18 Å². The number of anilines is 1. The van der Waals surface area contributed by atoms with Crippen molar-refractivity contribution >= 4 is 11.6 Å². The quantitative estimate of drug-likeness (QED) is 0.641. The van der Waals surface area contributed by atoms with Gasteiger partial charge in [0, 0.05) is 32.7 Å². The minimum Gasteiger partial charge on any atom is -0.491 e. The first-order chi connectivity index (χ1) is 13.3. The van der Waals surface area contributed by atoms with Crippen LogP contribution in [0.15, 0.2) is 18.2 Å². The summed E-state index contributed by atoms with van der Waals surface area (Å²) >= 11 is 0. The van der Waals surface area contributed by atoms with Crippen molar-refractivity contribution in [2.75, 3.05) is 44.9 Å². The highest BCUT2D eigenvalue weighted by Gasteiger charge is 2.30. The van der Waals surface area contributed by atoms with Crippen molar-refractivity contribution in [3.63, 3.8) is 0 Å². The van der Waals surface area contributed by atoms with Crippen molar-refractivity contribution < 1.29 is 32.2 Å². The number of nitrogens with one attached hydrogen (secondary N) is 1. The summed E-state index contributed by atoms with van der Waals surface area (Å²) in [6.45, 7) is 1.80. The SMILES string of the molecule is COCCOc1ccc(OCC(F)(F)F)c(N(CC2CCCCN2)C(C)=O)c1. The molecule has 0 aromatic heterocycles. The molecule has 28 heavy (non-hydrogen) atoms. The van der Waals surface area contributed by atoms with E-state index in [9.17, 15) is 18.0 Å². The molecule has 1 atom stereocenters. The molecule has 1 heterocycles. The summed E-state index contributed by atoms with van der Waals surface area (Å²) in [5.41, 5.74) is 0.263. The molecule has 0 spiro atoms. The van der Waals surface area contributed by atoms with Crippen molar-refractivity contribution in [2.45, 2.75) is 38.4 Å². The van der Waals surface area contributed by atoms with Gasteiger partial charge in [0.2, 0.25) is 5.91 Å². The largest absolute Gasteiger partial charge is 0.491 e. The first kappa shape index (κ1) is 22.3. The lowest BCUT2D eigenvalue weighted by Crippen LogP contribution is -2.45. The van der Waals surface area contributed by atoms with Crippen LogP contribution in [0.1, 0.15) is 26.2 Å². The number of amides is 1. The molecule has 0 bridgehead atoms. The van der Waals surface area contributed by atoms with E-state index < -0.39 is 12.8 Å². The molecule has 6 nitrogen and oxygen atoms in total. The van der Waals surface area contributed by atoms with Crippen molar-refractivity contribution in [3.05, 3.63) is 18.2 Å². The van der Waals surface area contributed by atoms with Crippen LogP contribution in [0.4, 0.5) is 18.9 Å². The minimum absolute atomic E-state index is 0.0116. The van der Waals surface area contributed by atoms with E-state index in [1.807, 2.05) is 0 Å². The lowest BCUT2D eigenvalue weighted by molar-refractivity contribution is -0.153. The van der Waals surface area contributed by atoms with E-state index in [2.05, 4.69) is 5.32 Å². The molecule has 1 aliphatic heterocycles. The predicted octanol–water partition coefficient (Wildman–Crippen LogP) is 3.15. The smallest absolute Gasteiger partial charge is 0.422 e. The van der Waals surface area contributed by atoms with Crippen LogP contribution in [0, 0.1) is 0 Å². The van der Waals surface area contributed by atoms with Gasteiger partial charge < -0.3 is 24.4 Å².